The van der Waals surface area contributed by atoms with Gasteiger partial charge >= 0.3 is 0 Å². The first kappa shape index (κ1) is 15.1. The Hall–Kier alpha value is -1.28. The van der Waals surface area contributed by atoms with Gasteiger partial charge in [-0.1, -0.05) is 6.07 Å². The van der Waals surface area contributed by atoms with Crippen molar-refractivity contribution in [1.82, 2.24) is 15.2 Å². The summed E-state index contributed by atoms with van der Waals surface area (Å²) in [7, 11) is 1.63. The number of nitrogens with one attached hydrogen (secondary N) is 1. The van der Waals surface area contributed by atoms with Crippen LogP contribution in [0.25, 0.3) is 0 Å². The number of hydrogen-bond donors (Lipinski definition) is 2. The zero-order chi connectivity index (χ0) is 14.5. The van der Waals surface area contributed by atoms with Gasteiger partial charge in [-0.15, -0.1) is 0 Å². The Kier molecular flexibility index (Phi) is 5.24. The third kappa shape index (κ3) is 3.24. The van der Waals surface area contributed by atoms with Crippen LogP contribution in [0.2, 0.25) is 0 Å². The van der Waals surface area contributed by atoms with Crippen molar-refractivity contribution in [2.75, 3.05) is 13.7 Å². The van der Waals surface area contributed by atoms with Crippen LogP contribution in [0, 0.1) is 5.82 Å². The minimum absolute atomic E-state index is 0.328. The molecule has 1 atom stereocenters. The lowest BCUT2D eigenvalue weighted by atomic mass is 10.0. The largest absolute Gasteiger partial charge is 0.383 e. The zero-order valence-electron chi connectivity index (χ0n) is 11.0. The quantitative estimate of drug-likeness (QED) is 0.622. The Morgan fingerprint density at radius 3 is 2.95 bits per heavy atom. The predicted octanol–water partition coefficient (Wildman–Crippen LogP) is 1.98. The number of hydrogen-bond acceptors (Lipinski definition) is 4. The second-order valence-corrected chi connectivity index (χ2v) is 5.10. The fraction of sp³-hybridized carbons (Fsp3) is 0.308. The summed E-state index contributed by atoms with van der Waals surface area (Å²) in [4.78, 5) is 0. The predicted molar refractivity (Wildman–Crippen MR) is 77.4 cm³/mol. The maximum atomic E-state index is 13.7. The van der Waals surface area contributed by atoms with Crippen LogP contribution in [-0.2, 0) is 11.3 Å². The van der Waals surface area contributed by atoms with E-state index in [-0.39, 0.29) is 11.9 Å². The molecular formula is C13H16BrFN4O. The molecule has 0 spiro atoms. The van der Waals surface area contributed by atoms with Crippen LogP contribution < -0.4 is 11.3 Å². The lowest BCUT2D eigenvalue weighted by Gasteiger charge is -2.18. The minimum atomic E-state index is -0.336. The molecular weight excluding hydrogens is 327 g/mol. The highest BCUT2D eigenvalue weighted by atomic mass is 79.9. The van der Waals surface area contributed by atoms with E-state index in [9.17, 15) is 4.39 Å². The highest BCUT2D eigenvalue weighted by molar-refractivity contribution is 9.10. The van der Waals surface area contributed by atoms with Crippen LogP contribution in [-0.4, -0.2) is 23.5 Å². The molecule has 0 bridgehead atoms. The minimum Gasteiger partial charge on any atom is -0.383 e. The van der Waals surface area contributed by atoms with E-state index in [2.05, 4.69) is 26.5 Å². The van der Waals surface area contributed by atoms with Gasteiger partial charge in [0.2, 0.25) is 0 Å². The molecule has 0 fully saturated rings. The van der Waals surface area contributed by atoms with E-state index in [0.29, 0.717) is 17.6 Å². The summed E-state index contributed by atoms with van der Waals surface area (Å²) >= 11 is 3.14. The summed E-state index contributed by atoms with van der Waals surface area (Å²) in [5.74, 6) is 5.30. The first-order valence-electron chi connectivity index (χ1n) is 6.09. The van der Waals surface area contributed by atoms with Crippen LogP contribution in [0.1, 0.15) is 17.3 Å². The van der Waals surface area contributed by atoms with Gasteiger partial charge in [0, 0.05) is 13.3 Å². The number of rotatable bonds is 6. The molecule has 108 valence electrons. The van der Waals surface area contributed by atoms with Crippen molar-refractivity contribution in [3.63, 3.8) is 0 Å². The van der Waals surface area contributed by atoms with Crippen molar-refractivity contribution in [2.24, 2.45) is 5.84 Å². The summed E-state index contributed by atoms with van der Waals surface area (Å²) in [5.41, 5.74) is 4.28. The number of ether oxygens (including phenoxy) is 1. The molecule has 7 heteroatoms. The molecule has 1 aromatic heterocycles. The van der Waals surface area contributed by atoms with Crippen molar-refractivity contribution < 1.29 is 9.13 Å². The second kappa shape index (κ2) is 6.94. The number of methoxy groups -OCH3 is 1. The maximum Gasteiger partial charge on any atom is 0.137 e. The monoisotopic (exact) mass is 342 g/mol. The molecule has 0 aliphatic carbocycles. The molecule has 1 unspecified atom stereocenters. The Morgan fingerprint density at radius 2 is 2.30 bits per heavy atom. The molecule has 3 N–H and O–H groups in total. The van der Waals surface area contributed by atoms with Crippen molar-refractivity contribution in [3.8, 4) is 0 Å². The van der Waals surface area contributed by atoms with Crippen molar-refractivity contribution in [2.45, 2.75) is 12.6 Å². The van der Waals surface area contributed by atoms with Gasteiger partial charge in [0.25, 0.3) is 0 Å². The van der Waals surface area contributed by atoms with Gasteiger partial charge in [0.15, 0.2) is 0 Å². The van der Waals surface area contributed by atoms with Gasteiger partial charge < -0.3 is 4.74 Å². The third-order valence-electron chi connectivity index (χ3n) is 3.00. The molecule has 20 heavy (non-hydrogen) atoms. The average molecular weight is 343 g/mol. The molecule has 2 rings (SSSR count). The van der Waals surface area contributed by atoms with E-state index in [4.69, 9.17) is 10.6 Å². The van der Waals surface area contributed by atoms with E-state index >= 15 is 0 Å². The molecule has 0 saturated heterocycles. The van der Waals surface area contributed by atoms with Crippen LogP contribution in [0.4, 0.5) is 4.39 Å². The first-order chi connectivity index (χ1) is 9.67. The van der Waals surface area contributed by atoms with Crippen LogP contribution in [0.3, 0.4) is 0 Å². The molecule has 5 nitrogen and oxygen atoms in total. The molecule has 0 radical (unpaired) electrons. The third-order valence-corrected chi connectivity index (χ3v) is 3.64. The van der Waals surface area contributed by atoms with Crippen molar-refractivity contribution in [3.05, 3.63) is 52.0 Å². The lowest BCUT2D eigenvalue weighted by Crippen LogP contribution is -2.31. The second-order valence-electron chi connectivity index (χ2n) is 4.25. The van der Waals surface area contributed by atoms with E-state index in [1.54, 1.807) is 24.1 Å². The Bertz CT molecular complexity index is 575. The topological polar surface area (TPSA) is 65.1 Å². The van der Waals surface area contributed by atoms with Crippen LogP contribution in [0.15, 0.2) is 34.9 Å². The fourth-order valence-electron chi connectivity index (χ4n) is 2.00. The molecule has 0 aliphatic rings. The number of hydrazine groups is 1. The van der Waals surface area contributed by atoms with Crippen molar-refractivity contribution >= 4 is 15.9 Å². The Balaban J connectivity index is 2.32. The van der Waals surface area contributed by atoms with Gasteiger partial charge in [-0.2, -0.15) is 5.10 Å². The van der Waals surface area contributed by atoms with E-state index < -0.39 is 0 Å². The molecule has 0 aliphatic heterocycles. The van der Waals surface area contributed by atoms with Gasteiger partial charge in [-0.3, -0.25) is 10.5 Å². The Labute approximate surface area is 125 Å². The number of nitrogens with two attached hydrogens (primary N) is 1. The normalized spacial score (nSPS) is 12.6. The highest BCUT2D eigenvalue weighted by Gasteiger charge is 2.18. The first-order valence-corrected chi connectivity index (χ1v) is 6.88. The summed E-state index contributed by atoms with van der Waals surface area (Å²) in [6.45, 7) is 1.15. The van der Waals surface area contributed by atoms with Gasteiger partial charge in [0.05, 0.1) is 29.4 Å². The van der Waals surface area contributed by atoms with Gasteiger partial charge in [0.1, 0.15) is 5.82 Å². The summed E-state index contributed by atoms with van der Waals surface area (Å²) in [5, 5.41) is 4.23. The standard InChI is InChI=1S/C13H16BrFN4O/c1-20-7-6-19-12(4-5-17-19)13(18-16)9-2-3-10(14)11(15)8-9/h2-5,8,13,18H,6-7,16H2,1H3. The SMILES string of the molecule is COCCn1nccc1C(NN)c1ccc(Br)c(F)c1. The Morgan fingerprint density at radius 1 is 1.50 bits per heavy atom. The molecule has 0 saturated carbocycles. The zero-order valence-corrected chi connectivity index (χ0v) is 12.6. The van der Waals surface area contributed by atoms with Crippen LogP contribution >= 0.6 is 15.9 Å². The molecule has 1 aromatic carbocycles. The smallest absolute Gasteiger partial charge is 0.137 e. The molecule has 0 amide bonds. The maximum absolute atomic E-state index is 13.7. The number of nitrogens with zero attached hydrogens (tertiary/aromatic N) is 2. The van der Waals surface area contributed by atoms with E-state index in [1.165, 1.54) is 6.07 Å². The van der Waals surface area contributed by atoms with E-state index in [0.717, 1.165) is 11.3 Å². The highest BCUT2D eigenvalue weighted by Crippen LogP contribution is 2.25. The molecule has 2 aromatic rings. The summed E-state index contributed by atoms with van der Waals surface area (Å²) in [6, 6.07) is 6.43. The summed E-state index contributed by atoms with van der Waals surface area (Å²) in [6.07, 6.45) is 1.69. The number of benzene rings is 1. The average Bonchev–Trinajstić information content (AvgIpc) is 2.89. The molecule has 1 heterocycles. The van der Waals surface area contributed by atoms with Gasteiger partial charge in [-0.25, -0.2) is 9.82 Å². The fourth-order valence-corrected chi connectivity index (χ4v) is 2.24. The number of aromatic nitrogens is 2. The van der Waals surface area contributed by atoms with Gasteiger partial charge in [-0.05, 0) is 39.7 Å². The summed E-state index contributed by atoms with van der Waals surface area (Å²) < 4.78 is 20.9. The number of halogens is 2. The van der Waals surface area contributed by atoms with Crippen LogP contribution in [0.5, 0.6) is 0 Å². The lowest BCUT2D eigenvalue weighted by molar-refractivity contribution is 0.182. The van der Waals surface area contributed by atoms with Crippen molar-refractivity contribution in [1.29, 1.82) is 0 Å². The van der Waals surface area contributed by atoms with E-state index in [1.807, 2.05) is 12.1 Å².